The zero-order valence-corrected chi connectivity index (χ0v) is 13.6. The number of phenolic OH excluding ortho intramolecular Hbond substituents is 1. The van der Waals surface area contributed by atoms with Gasteiger partial charge in [0.1, 0.15) is 9.96 Å². The summed E-state index contributed by atoms with van der Waals surface area (Å²) < 4.78 is 26.9. The van der Waals surface area contributed by atoms with Crippen molar-refractivity contribution in [1.82, 2.24) is 4.31 Å². The van der Waals surface area contributed by atoms with E-state index in [1.165, 1.54) is 11.3 Å². The van der Waals surface area contributed by atoms with Crippen LogP contribution in [-0.2, 0) is 10.0 Å². The molecule has 0 aliphatic carbocycles. The molecule has 0 amide bonds. The highest BCUT2D eigenvalue weighted by molar-refractivity contribution is 7.91. The van der Waals surface area contributed by atoms with E-state index >= 15 is 0 Å². The van der Waals surface area contributed by atoms with E-state index < -0.39 is 10.0 Å². The van der Waals surface area contributed by atoms with E-state index in [-0.39, 0.29) is 11.8 Å². The van der Waals surface area contributed by atoms with Gasteiger partial charge in [0.2, 0.25) is 0 Å². The van der Waals surface area contributed by atoms with Crippen LogP contribution in [0.3, 0.4) is 0 Å². The molecule has 5 nitrogen and oxygen atoms in total. The normalized spacial score (nSPS) is 17.5. The van der Waals surface area contributed by atoms with Crippen molar-refractivity contribution in [2.24, 2.45) is 0 Å². The van der Waals surface area contributed by atoms with Crippen LogP contribution in [0.4, 0.5) is 5.69 Å². The van der Waals surface area contributed by atoms with E-state index in [1.807, 2.05) is 12.1 Å². The van der Waals surface area contributed by atoms with Gasteiger partial charge in [0.05, 0.1) is 0 Å². The van der Waals surface area contributed by atoms with E-state index in [0.29, 0.717) is 17.3 Å². The standard InChI is InChI=1S/C15H18N2O3S2/c18-14-5-3-12(4-6-14)16-13-7-9-17(10-8-13)22(19,20)15-2-1-11-21-15/h1-6,11,13,16,18H,7-10H2. The summed E-state index contributed by atoms with van der Waals surface area (Å²) >= 11 is 1.26. The number of aromatic hydroxyl groups is 1. The average molecular weight is 338 g/mol. The SMILES string of the molecule is O=S(=O)(c1cccs1)N1CCC(Nc2ccc(O)cc2)CC1. The lowest BCUT2D eigenvalue weighted by Crippen LogP contribution is -2.42. The number of thiophene rings is 1. The van der Waals surface area contributed by atoms with Gasteiger partial charge in [-0.1, -0.05) is 6.07 Å². The van der Waals surface area contributed by atoms with Crippen molar-refractivity contribution in [3.05, 3.63) is 41.8 Å². The molecular formula is C15H18N2O3S2. The molecule has 2 heterocycles. The monoisotopic (exact) mass is 338 g/mol. The molecule has 1 aromatic carbocycles. The number of benzene rings is 1. The van der Waals surface area contributed by atoms with E-state index in [0.717, 1.165) is 18.5 Å². The van der Waals surface area contributed by atoms with Crippen LogP contribution in [0.5, 0.6) is 5.75 Å². The molecule has 1 fully saturated rings. The summed E-state index contributed by atoms with van der Waals surface area (Å²) in [5.74, 6) is 0.238. The highest BCUT2D eigenvalue weighted by Crippen LogP contribution is 2.25. The smallest absolute Gasteiger partial charge is 0.252 e. The zero-order valence-electron chi connectivity index (χ0n) is 12.0. The lowest BCUT2D eigenvalue weighted by Gasteiger charge is -2.31. The molecule has 118 valence electrons. The molecule has 7 heteroatoms. The molecule has 2 N–H and O–H groups in total. The van der Waals surface area contributed by atoms with E-state index in [1.54, 1.807) is 34.0 Å². The third-order valence-corrected chi connectivity index (χ3v) is 7.05. The molecule has 1 aromatic heterocycles. The van der Waals surface area contributed by atoms with Gasteiger partial charge >= 0.3 is 0 Å². The lowest BCUT2D eigenvalue weighted by molar-refractivity contribution is 0.330. The maximum Gasteiger partial charge on any atom is 0.252 e. The summed E-state index contributed by atoms with van der Waals surface area (Å²) in [6, 6.07) is 10.6. The van der Waals surface area contributed by atoms with Gasteiger partial charge in [-0.15, -0.1) is 11.3 Å². The third-order valence-electron chi connectivity index (χ3n) is 3.78. The Morgan fingerprint density at radius 1 is 1.14 bits per heavy atom. The number of sulfonamides is 1. The van der Waals surface area contributed by atoms with Crippen LogP contribution >= 0.6 is 11.3 Å². The molecule has 0 saturated carbocycles. The number of hydrogen-bond acceptors (Lipinski definition) is 5. The molecular weight excluding hydrogens is 320 g/mol. The van der Waals surface area contributed by atoms with Gasteiger partial charge in [0.15, 0.2) is 0 Å². The maximum atomic E-state index is 12.4. The summed E-state index contributed by atoms with van der Waals surface area (Å²) in [4.78, 5) is 0. The molecule has 2 aromatic rings. The van der Waals surface area contributed by atoms with Crippen LogP contribution in [0.15, 0.2) is 46.0 Å². The van der Waals surface area contributed by atoms with Gasteiger partial charge in [0, 0.05) is 24.8 Å². The molecule has 1 aliphatic heterocycles. The van der Waals surface area contributed by atoms with Crippen LogP contribution in [0.2, 0.25) is 0 Å². The lowest BCUT2D eigenvalue weighted by atomic mass is 10.1. The minimum atomic E-state index is -3.33. The van der Waals surface area contributed by atoms with Gasteiger partial charge in [-0.3, -0.25) is 0 Å². The van der Waals surface area contributed by atoms with Gasteiger partial charge in [-0.2, -0.15) is 4.31 Å². The Morgan fingerprint density at radius 2 is 1.82 bits per heavy atom. The first kappa shape index (κ1) is 15.3. The van der Waals surface area contributed by atoms with Crippen LogP contribution in [0, 0.1) is 0 Å². The van der Waals surface area contributed by atoms with Crippen LogP contribution in [0.1, 0.15) is 12.8 Å². The van der Waals surface area contributed by atoms with Gasteiger partial charge in [-0.25, -0.2) is 8.42 Å². The second-order valence-corrected chi connectivity index (χ2v) is 8.41. The molecule has 0 radical (unpaired) electrons. The molecule has 0 spiro atoms. The van der Waals surface area contributed by atoms with E-state index in [2.05, 4.69) is 5.32 Å². The third kappa shape index (κ3) is 3.26. The van der Waals surface area contributed by atoms with Gasteiger partial charge in [0.25, 0.3) is 10.0 Å². The van der Waals surface area contributed by atoms with Crippen molar-refractivity contribution >= 4 is 27.0 Å². The molecule has 1 aliphatic rings. The molecule has 1 saturated heterocycles. The Labute approximate surface area is 134 Å². The molecule has 0 unspecified atom stereocenters. The Bertz CT molecular complexity index is 704. The Hall–Kier alpha value is -1.57. The van der Waals surface area contributed by atoms with Crippen LogP contribution < -0.4 is 5.32 Å². The van der Waals surface area contributed by atoms with Gasteiger partial charge < -0.3 is 10.4 Å². The van der Waals surface area contributed by atoms with Crippen LogP contribution in [-0.4, -0.2) is 37.0 Å². The predicted molar refractivity (Wildman–Crippen MR) is 87.8 cm³/mol. The fraction of sp³-hybridized carbons (Fsp3) is 0.333. The number of piperidine rings is 1. The number of nitrogens with zero attached hydrogens (tertiary/aromatic N) is 1. The van der Waals surface area contributed by atoms with Crippen molar-refractivity contribution in [2.75, 3.05) is 18.4 Å². The summed E-state index contributed by atoms with van der Waals surface area (Å²) in [5.41, 5.74) is 0.942. The number of anilines is 1. The fourth-order valence-electron chi connectivity index (χ4n) is 2.57. The number of rotatable bonds is 4. The highest BCUT2D eigenvalue weighted by Gasteiger charge is 2.29. The first-order chi connectivity index (χ1) is 10.6. The Balaban J connectivity index is 1.60. The summed E-state index contributed by atoms with van der Waals surface area (Å²) in [6.45, 7) is 1.05. The maximum absolute atomic E-state index is 12.4. The zero-order chi connectivity index (χ0) is 15.6. The summed E-state index contributed by atoms with van der Waals surface area (Å²) in [5, 5.41) is 14.4. The van der Waals surface area contributed by atoms with E-state index in [9.17, 15) is 13.5 Å². The summed E-state index contributed by atoms with van der Waals surface area (Å²) in [6.07, 6.45) is 1.54. The van der Waals surface area contributed by atoms with Crippen molar-refractivity contribution in [3.8, 4) is 5.75 Å². The number of phenols is 1. The van der Waals surface area contributed by atoms with Crippen molar-refractivity contribution in [1.29, 1.82) is 0 Å². The number of hydrogen-bond donors (Lipinski definition) is 2. The highest BCUT2D eigenvalue weighted by atomic mass is 32.2. The minimum absolute atomic E-state index is 0.238. The Kier molecular flexibility index (Phi) is 4.37. The molecule has 22 heavy (non-hydrogen) atoms. The first-order valence-corrected chi connectivity index (χ1v) is 9.47. The Morgan fingerprint density at radius 3 is 2.41 bits per heavy atom. The predicted octanol–water partition coefficient (Wildman–Crippen LogP) is 2.72. The minimum Gasteiger partial charge on any atom is -0.508 e. The molecule has 3 rings (SSSR count). The number of nitrogens with one attached hydrogen (secondary N) is 1. The van der Waals surface area contributed by atoms with Crippen molar-refractivity contribution in [2.45, 2.75) is 23.1 Å². The quantitative estimate of drug-likeness (QED) is 0.841. The second-order valence-electron chi connectivity index (χ2n) is 5.30. The second kappa shape index (κ2) is 6.28. The summed E-state index contributed by atoms with van der Waals surface area (Å²) in [7, 11) is -3.33. The van der Waals surface area contributed by atoms with Crippen LogP contribution in [0.25, 0.3) is 0 Å². The largest absolute Gasteiger partial charge is 0.508 e. The van der Waals surface area contributed by atoms with Gasteiger partial charge in [-0.05, 0) is 48.6 Å². The van der Waals surface area contributed by atoms with Crippen molar-refractivity contribution in [3.63, 3.8) is 0 Å². The topological polar surface area (TPSA) is 69.6 Å². The van der Waals surface area contributed by atoms with Crippen molar-refractivity contribution < 1.29 is 13.5 Å². The average Bonchev–Trinajstić information content (AvgIpc) is 3.05. The first-order valence-electron chi connectivity index (χ1n) is 7.15. The molecule has 0 atom stereocenters. The fourth-order valence-corrected chi connectivity index (χ4v) is 5.19. The van der Waals surface area contributed by atoms with E-state index in [4.69, 9.17) is 0 Å². The molecule has 0 bridgehead atoms.